The van der Waals surface area contributed by atoms with Crippen LogP contribution in [0.2, 0.25) is 5.02 Å². The monoisotopic (exact) mass is 756 g/mol. The molecule has 2 amide bonds. The van der Waals surface area contributed by atoms with Crippen LogP contribution < -0.4 is 15.4 Å². The second-order valence-corrected chi connectivity index (χ2v) is 16.7. The molecule has 1 heterocycles. The van der Waals surface area contributed by atoms with Crippen LogP contribution in [0, 0.1) is 17.8 Å². The maximum absolute atomic E-state index is 13.9. The minimum Gasteiger partial charge on any atom is -0.490 e. The van der Waals surface area contributed by atoms with E-state index >= 15 is 0 Å². The highest BCUT2D eigenvalue weighted by atomic mass is 35.5. The van der Waals surface area contributed by atoms with Crippen molar-refractivity contribution >= 4 is 27.7 Å². The average molecular weight is 757 g/mol. The molecule has 4 rings (SSSR count). The van der Waals surface area contributed by atoms with Gasteiger partial charge < -0.3 is 25.2 Å². The van der Waals surface area contributed by atoms with Crippen molar-refractivity contribution in [3.05, 3.63) is 77.1 Å². The number of amides is 2. The van der Waals surface area contributed by atoms with E-state index in [2.05, 4.69) is 36.4 Å². The van der Waals surface area contributed by atoms with Crippen LogP contribution in [0.5, 0.6) is 5.75 Å². The van der Waals surface area contributed by atoms with Gasteiger partial charge in [-0.05, 0) is 112 Å². The van der Waals surface area contributed by atoms with Crippen LogP contribution in [0.25, 0.3) is 11.1 Å². The zero-order chi connectivity index (χ0) is 37.8. The summed E-state index contributed by atoms with van der Waals surface area (Å²) in [4.78, 5) is 16.9. The van der Waals surface area contributed by atoms with Crippen LogP contribution in [-0.4, -0.2) is 67.2 Å². The van der Waals surface area contributed by atoms with Crippen molar-refractivity contribution in [1.82, 2.24) is 19.9 Å². The largest absolute Gasteiger partial charge is 0.490 e. The molecule has 1 aliphatic carbocycles. The van der Waals surface area contributed by atoms with E-state index in [4.69, 9.17) is 21.1 Å². The Morgan fingerprint density at radius 1 is 1.00 bits per heavy atom. The average Bonchev–Trinajstić information content (AvgIpc) is 3.95. The fraction of sp³-hybridized carbons (Fsp3) is 0.550. The van der Waals surface area contributed by atoms with Crippen LogP contribution >= 0.6 is 11.6 Å². The Bertz CT molecular complexity index is 1700. The van der Waals surface area contributed by atoms with E-state index in [0.717, 1.165) is 41.7 Å². The van der Waals surface area contributed by atoms with Crippen LogP contribution in [0.4, 0.5) is 4.79 Å². The van der Waals surface area contributed by atoms with Crippen molar-refractivity contribution in [1.29, 1.82) is 0 Å². The Balaban J connectivity index is 1.33. The predicted octanol–water partition coefficient (Wildman–Crippen LogP) is 7.99. The fourth-order valence-electron chi connectivity index (χ4n) is 6.18. The van der Waals surface area contributed by atoms with Gasteiger partial charge in [0.15, 0.2) is 0 Å². The van der Waals surface area contributed by atoms with Gasteiger partial charge in [-0.1, -0.05) is 50.6 Å². The van der Waals surface area contributed by atoms with E-state index in [1.807, 2.05) is 51.1 Å². The summed E-state index contributed by atoms with van der Waals surface area (Å²) in [5, 5.41) is 15.4. The van der Waals surface area contributed by atoms with Crippen LogP contribution in [0.1, 0.15) is 90.9 Å². The summed E-state index contributed by atoms with van der Waals surface area (Å²) in [7, 11) is -3.84. The summed E-state index contributed by atoms with van der Waals surface area (Å²) in [6.45, 7) is 13.6. The summed E-state index contributed by atoms with van der Waals surface area (Å²) in [5.74, 6) is 1.84. The van der Waals surface area contributed by atoms with Crippen molar-refractivity contribution in [2.75, 3.05) is 26.2 Å². The number of pyridine rings is 1. The lowest BCUT2D eigenvalue weighted by Gasteiger charge is -2.26. The number of ether oxygens (including phenoxy) is 2. The van der Waals surface area contributed by atoms with Gasteiger partial charge in [-0.3, -0.25) is 4.98 Å². The molecule has 4 atom stereocenters. The van der Waals surface area contributed by atoms with Gasteiger partial charge in [-0.2, -0.15) is 4.31 Å². The summed E-state index contributed by atoms with van der Waals surface area (Å²) in [6, 6.07) is 14.2. The molecule has 1 fully saturated rings. The van der Waals surface area contributed by atoms with E-state index < -0.39 is 10.0 Å². The van der Waals surface area contributed by atoms with Crippen molar-refractivity contribution in [3.8, 4) is 16.9 Å². The Morgan fingerprint density at radius 2 is 1.75 bits per heavy atom. The number of benzene rings is 2. The first kappa shape index (κ1) is 41.5. The number of rotatable bonds is 21. The smallest absolute Gasteiger partial charge is 0.314 e. The standard InChI is InChI=1S/C40H57ClN4O6S/c1-27(2)45(21-10-9-19-43-40(47)44-24-29(4)30(5)28(3)18-22-46)52(48,49)34-15-16-38(41)32(23-34)26-50-31(6)37-25-42-20-17-35(37)36-11-7-8-12-39(36)51-33-13-14-33/h7-8,11-12,15-17,20,23,25,27-31,33,46H,9-10,13-14,18-19,21-22,24,26H2,1-6H3,(H2,43,44,47). The number of hydrogen-bond acceptors (Lipinski definition) is 7. The molecule has 1 aliphatic rings. The van der Waals surface area contributed by atoms with Gasteiger partial charge in [0.05, 0.1) is 23.7 Å². The third-order valence-electron chi connectivity index (χ3n) is 10.0. The molecule has 0 radical (unpaired) electrons. The lowest BCUT2D eigenvalue weighted by molar-refractivity contribution is 0.0526. The summed E-state index contributed by atoms with van der Waals surface area (Å²) >= 11 is 6.58. The summed E-state index contributed by atoms with van der Waals surface area (Å²) in [6.07, 6.45) is 7.50. The zero-order valence-electron chi connectivity index (χ0n) is 31.5. The number of nitrogens with one attached hydrogen (secondary N) is 2. The molecule has 1 saturated carbocycles. The molecule has 0 bridgehead atoms. The Hall–Kier alpha value is -3.22. The normalized spacial score (nSPS) is 15.7. The predicted molar refractivity (Wildman–Crippen MR) is 207 cm³/mol. The molecule has 0 spiro atoms. The van der Waals surface area contributed by atoms with Crippen LogP contribution in [0.15, 0.2) is 65.8 Å². The van der Waals surface area contributed by atoms with Gasteiger partial charge in [0.25, 0.3) is 0 Å². The van der Waals surface area contributed by atoms with Gasteiger partial charge in [0.2, 0.25) is 10.0 Å². The van der Waals surface area contributed by atoms with Crippen LogP contribution in [-0.2, 0) is 21.4 Å². The number of aromatic nitrogens is 1. The van der Waals surface area contributed by atoms with Gasteiger partial charge in [0.1, 0.15) is 5.75 Å². The molecule has 0 saturated heterocycles. The van der Waals surface area contributed by atoms with E-state index in [-0.39, 0.29) is 48.3 Å². The molecule has 4 unspecified atom stereocenters. The molecule has 10 nitrogen and oxygen atoms in total. The third kappa shape index (κ3) is 11.6. The molecule has 3 aromatic rings. The molecule has 2 aromatic carbocycles. The van der Waals surface area contributed by atoms with Crippen LogP contribution in [0.3, 0.4) is 0 Å². The number of halogens is 1. The molecular formula is C40H57ClN4O6S. The number of unbranched alkanes of at least 4 members (excludes halogenated alkanes) is 1. The van der Waals surface area contributed by atoms with E-state index in [9.17, 15) is 18.3 Å². The van der Waals surface area contributed by atoms with Crippen molar-refractivity contribution < 1.29 is 27.8 Å². The number of para-hydroxylation sites is 1. The number of aliphatic hydroxyl groups excluding tert-OH is 1. The first-order valence-electron chi connectivity index (χ1n) is 18.6. The maximum Gasteiger partial charge on any atom is 0.314 e. The molecule has 52 heavy (non-hydrogen) atoms. The maximum atomic E-state index is 13.9. The Kier molecular flexibility index (Phi) is 15.8. The van der Waals surface area contributed by atoms with Gasteiger partial charge >= 0.3 is 6.03 Å². The number of hydrogen-bond donors (Lipinski definition) is 3. The summed E-state index contributed by atoms with van der Waals surface area (Å²) in [5.41, 5.74) is 3.40. The first-order chi connectivity index (χ1) is 24.8. The van der Waals surface area contributed by atoms with E-state index in [1.54, 1.807) is 24.5 Å². The van der Waals surface area contributed by atoms with Crippen molar-refractivity contribution in [2.24, 2.45) is 17.8 Å². The minimum absolute atomic E-state index is 0.104. The quantitative estimate of drug-likeness (QED) is 0.0940. The minimum atomic E-state index is -3.84. The number of aliphatic hydroxyl groups is 1. The second kappa shape index (κ2) is 19.7. The summed E-state index contributed by atoms with van der Waals surface area (Å²) < 4.78 is 41.8. The molecular weight excluding hydrogens is 700 g/mol. The van der Waals surface area contributed by atoms with Crippen molar-refractivity contribution in [3.63, 3.8) is 0 Å². The highest BCUT2D eigenvalue weighted by Crippen LogP contribution is 2.38. The number of sulfonamides is 1. The van der Waals surface area contributed by atoms with E-state index in [0.29, 0.717) is 54.9 Å². The molecule has 12 heteroatoms. The molecule has 1 aromatic heterocycles. The number of carbonyl (C=O) groups is 1. The number of carbonyl (C=O) groups excluding carboxylic acids is 1. The second-order valence-electron chi connectivity index (χ2n) is 14.4. The first-order valence-corrected chi connectivity index (χ1v) is 20.4. The highest BCUT2D eigenvalue weighted by molar-refractivity contribution is 7.89. The topological polar surface area (TPSA) is 130 Å². The lowest BCUT2D eigenvalue weighted by Crippen LogP contribution is -2.40. The fourth-order valence-corrected chi connectivity index (χ4v) is 8.07. The Morgan fingerprint density at radius 3 is 2.46 bits per heavy atom. The molecule has 3 N–H and O–H groups in total. The lowest BCUT2D eigenvalue weighted by atomic mass is 9.83. The number of urea groups is 1. The molecule has 0 aliphatic heterocycles. The van der Waals surface area contributed by atoms with E-state index in [1.165, 1.54) is 10.4 Å². The van der Waals surface area contributed by atoms with Gasteiger partial charge in [-0.15, -0.1) is 0 Å². The number of nitrogens with zero attached hydrogens (tertiary/aromatic N) is 2. The Labute approximate surface area is 315 Å². The zero-order valence-corrected chi connectivity index (χ0v) is 33.1. The molecule has 286 valence electrons. The SMILES string of the molecule is CC(OCc1cc(S(=O)(=O)N(CCCCNC(=O)NCC(C)C(C)C(C)CCO)C(C)C)ccc1Cl)c1cnccc1-c1ccccc1OC1CC1. The van der Waals surface area contributed by atoms with Crippen molar-refractivity contribution in [2.45, 2.75) is 103 Å². The third-order valence-corrected chi connectivity index (χ3v) is 12.5. The highest BCUT2D eigenvalue weighted by Gasteiger charge is 2.28. The van der Waals surface area contributed by atoms with Gasteiger partial charge in [-0.25, -0.2) is 13.2 Å². The van der Waals surface area contributed by atoms with Gasteiger partial charge in [0, 0.05) is 60.8 Å².